The van der Waals surface area contributed by atoms with Crippen LogP contribution in [0.3, 0.4) is 0 Å². The zero-order valence-electron chi connectivity index (χ0n) is 8.70. The van der Waals surface area contributed by atoms with E-state index in [9.17, 15) is 4.79 Å². The Kier molecular flexibility index (Phi) is 2.12. The van der Waals surface area contributed by atoms with Crippen LogP contribution >= 0.6 is 0 Å². The average Bonchev–Trinajstić information content (AvgIpc) is 3.04. The second-order valence-corrected chi connectivity index (χ2v) is 4.53. The summed E-state index contributed by atoms with van der Waals surface area (Å²) in [5.41, 5.74) is -0.0296. The third-order valence-electron chi connectivity index (χ3n) is 3.23. The van der Waals surface area contributed by atoms with Crippen LogP contribution < -0.4 is 11.0 Å². The van der Waals surface area contributed by atoms with Gasteiger partial charge in [-0.15, -0.1) is 0 Å². The van der Waals surface area contributed by atoms with Gasteiger partial charge >= 0.3 is 5.69 Å². The Labute approximate surface area is 87.9 Å². The molecule has 5 heteroatoms. The van der Waals surface area contributed by atoms with E-state index in [1.165, 1.54) is 6.42 Å². The molecule has 1 aliphatic carbocycles. The Morgan fingerprint density at radius 1 is 1.33 bits per heavy atom. The summed E-state index contributed by atoms with van der Waals surface area (Å²) in [7, 11) is 0. The van der Waals surface area contributed by atoms with E-state index in [0.29, 0.717) is 12.0 Å². The Morgan fingerprint density at radius 3 is 2.87 bits per heavy atom. The lowest BCUT2D eigenvalue weighted by Crippen LogP contribution is -2.29. The third kappa shape index (κ3) is 1.71. The molecule has 1 aliphatic heterocycles. The summed E-state index contributed by atoms with van der Waals surface area (Å²) in [6, 6.07) is 0.374. The van der Waals surface area contributed by atoms with Gasteiger partial charge in [-0.2, -0.15) is 5.10 Å². The number of nitrogens with one attached hydrogen (secondary N) is 2. The highest BCUT2D eigenvalue weighted by Gasteiger charge is 2.28. The highest BCUT2D eigenvalue weighted by atomic mass is 16.2. The van der Waals surface area contributed by atoms with Crippen LogP contribution in [0.25, 0.3) is 0 Å². The van der Waals surface area contributed by atoms with Crippen LogP contribution in [-0.4, -0.2) is 27.9 Å². The predicted octanol–water partition coefficient (Wildman–Crippen LogP) is 0.373. The van der Waals surface area contributed by atoms with Crippen LogP contribution in [0.2, 0.25) is 0 Å². The first-order valence-corrected chi connectivity index (χ1v) is 5.74. The summed E-state index contributed by atoms with van der Waals surface area (Å²) in [6.07, 6.45) is 4.51. The van der Waals surface area contributed by atoms with Crippen molar-refractivity contribution in [1.29, 1.82) is 0 Å². The molecule has 2 heterocycles. The van der Waals surface area contributed by atoms with Gasteiger partial charge in [-0.1, -0.05) is 0 Å². The summed E-state index contributed by atoms with van der Waals surface area (Å²) >= 11 is 0. The monoisotopic (exact) mass is 208 g/mol. The molecule has 2 N–H and O–H groups in total. The lowest BCUT2D eigenvalue weighted by molar-refractivity contribution is 0.443. The van der Waals surface area contributed by atoms with Crippen LogP contribution in [0.4, 0.5) is 0 Å². The van der Waals surface area contributed by atoms with E-state index in [1.54, 1.807) is 4.68 Å². The minimum absolute atomic E-state index is 0.0296. The van der Waals surface area contributed by atoms with Crippen molar-refractivity contribution in [2.45, 2.75) is 37.6 Å². The number of rotatable bonds is 2. The maximum Gasteiger partial charge on any atom is 0.343 e. The van der Waals surface area contributed by atoms with Gasteiger partial charge in [-0.25, -0.2) is 9.48 Å². The fraction of sp³-hybridized carbons (Fsp3) is 0.800. The molecule has 1 aromatic rings. The first-order chi connectivity index (χ1) is 7.34. The summed E-state index contributed by atoms with van der Waals surface area (Å²) < 4.78 is 1.63. The first kappa shape index (κ1) is 9.15. The highest BCUT2D eigenvalue weighted by molar-refractivity contribution is 4.98. The number of nitrogens with zero attached hydrogens (tertiary/aromatic N) is 2. The molecule has 1 unspecified atom stereocenters. The maximum atomic E-state index is 11.6. The molecule has 0 aromatic carbocycles. The van der Waals surface area contributed by atoms with Crippen molar-refractivity contribution >= 4 is 0 Å². The number of H-pyrrole nitrogens is 1. The molecule has 0 amide bonds. The molecular formula is C10H16N4O. The second kappa shape index (κ2) is 3.48. The summed E-state index contributed by atoms with van der Waals surface area (Å²) in [5, 5.41) is 7.74. The van der Waals surface area contributed by atoms with Crippen molar-refractivity contribution in [3.63, 3.8) is 0 Å². The topological polar surface area (TPSA) is 62.7 Å². The molecule has 1 aromatic heterocycles. The van der Waals surface area contributed by atoms with Gasteiger partial charge in [0, 0.05) is 12.5 Å². The van der Waals surface area contributed by atoms with Gasteiger partial charge in [-0.3, -0.25) is 4.98 Å². The third-order valence-corrected chi connectivity index (χ3v) is 3.23. The molecule has 0 spiro atoms. The summed E-state index contributed by atoms with van der Waals surface area (Å²) in [4.78, 5) is 14.5. The van der Waals surface area contributed by atoms with Crippen LogP contribution in [0, 0.1) is 0 Å². The van der Waals surface area contributed by atoms with E-state index in [1.807, 2.05) is 0 Å². The van der Waals surface area contributed by atoms with E-state index < -0.39 is 0 Å². The second-order valence-electron chi connectivity index (χ2n) is 4.53. The van der Waals surface area contributed by atoms with Gasteiger partial charge in [0.05, 0.1) is 6.04 Å². The molecular weight excluding hydrogens is 192 g/mol. The fourth-order valence-corrected chi connectivity index (χ4v) is 2.19. The van der Waals surface area contributed by atoms with Crippen molar-refractivity contribution in [3.8, 4) is 0 Å². The van der Waals surface area contributed by atoms with Gasteiger partial charge in [0.25, 0.3) is 0 Å². The average molecular weight is 208 g/mol. The van der Waals surface area contributed by atoms with E-state index in [4.69, 9.17) is 0 Å². The van der Waals surface area contributed by atoms with Gasteiger partial charge in [-0.05, 0) is 32.2 Å². The standard InChI is InChI=1S/C10H16N4O/c15-10-12-9(7-2-1-5-11-6-7)13-14(10)8-3-4-8/h7-8,11H,1-6H2,(H,12,13,15). The molecule has 0 bridgehead atoms. The van der Waals surface area contributed by atoms with Crippen LogP contribution in [-0.2, 0) is 0 Å². The zero-order chi connectivity index (χ0) is 10.3. The molecule has 1 saturated heterocycles. The van der Waals surface area contributed by atoms with E-state index in [-0.39, 0.29) is 5.69 Å². The summed E-state index contributed by atoms with van der Waals surface area (Å²) in [6.45, 7) is 2.03. The van der Waals surface area contributed by atoms with Crippen molar-refractivity contribution < 1.29 is 0 Å². The molecule has 15 heavy (non-hydrogen) atoms. The zero-order valence-corrected chi connectivity index (χ0v) is 8.70. The fourth-order valence-electron chi connectivity index (χ4n) is 2.19. The van der Waals surface area contributed by atoms with E-state index >= 15 is 0 Å². The molecule has 82 valence electrons. The molecule has 0 radical (unpaired) electrons. The molecule has 1 atom stereocenters. The van der Waals surface area contributed by atoms with Gasteiger partial charge in [0.1, 0.15) is 5.82 Å². The van der Waals surface area contributed by atoms with Crippen LogP contribution in [0.5, 0.6) is 0 Å². The Hall–Kier alpha value is -1.10. The Bertz CT molecular complexity index is 398. The Balaban J connectivity index is 1.84. The quantitative estimate of drug-likeness (QED) is 0.738. The number of aromatic amines is 1. The lowest BCUT2D eigenvalue weighted by atomic mass is 9.99. The summed E-state index contributed by atoms with van der Waals surface area (Å²) in [5.74, 6) is 1.27. The number of hydrogen-bond acceptors (Lipinski definition) is 3. The van der Waals surface area contributed by atoms with E-state index in [2.05, 4.69) is 15.4 Å². The molecule has 1 saturated carbocycles. The number of aromatic nitrogens is 3. The molecule has 2 fully saturated rings. The minimum atomic E-state index is -0.0296. The highest BCUT2D eigenvalue weighted by Crippen LogP contribution is 2.33. The Morgan fingerprint density at radius 2 is 2.20 bits per heavy atom. The van der Waals surface area contributed by atoms with Crippen LogP contribution in [0.1, 0.15) is 43.5 Å². The molecule has 3 rings (SSSR count). The van der Waals surface area contributed by atoms with Crippen molar-refractivity contribution in [3.05, 3.63) is 16.3 Å². The normalized spacial score (nSPS) is 26.8. The predicted molar refractivity (Wildman–Crippen MR) is 56.0 cm³/mol. The SMILES string of the molecule is O=c1[nH]c(C2CCCNC2)nn1C1CC1. The first-order valence-electron chi connectivity index (χ1n) is 5.74. The molecule has 5 nitrogen and oxygen atoms in total. The maximum absolute atomic E-state index is 11.6. The van der Waals surface area contributed by atoms with Crippen molar-refractivity contribution in [1.82, 2.24) is 20.1 Å². The van der Waals surface area contributed by atoms with Crippen molar-refractivity contribution in [2.75, 3.05) is 13.1 Å². The van der Waals surface area contributed by atoms with Gasteiger partial charge in [0.2, 0.25) is 0 Å². The van der Waals surface area contributed by atoms with E-state index in [0.717, 1.165) is 38.2 Å². The van der Waals surface area contributed by atoms with Gasteiger partial charge < -0.3 is 5.32 Å². The number of hydrogen-bond donors (Lipinski definition) is 2. The van der Waals surface area contributed by atoms with Crippen molar-refractivity contribution in [2.24, 2.45) is 0 Å². The van der Waals surface area contributed by atoms with Gasteiger partial charge in [0.15, 0.2) is 0 Å². The largest absolute Gasteiger partial charge is 0.343 e. The minimum Gasteiger partial charge on any atom is -0.316 e. The lowest BCUT2D eigenvalue weighted by Gasteiger charge is -2.20. The van der Waals surface area contributed by atoms with Crippen LogP contribution in [0.15, 0.2) is 4.79 Å². The number of piperidine rings is 1. The smallest absolute Gasteiger partial charge is 0.316 e. The molecule has 2 aliphatic rings.